The first-order chi connectivity index (χ1) is 16.1. The molecule has 0 aliphatic carbocycles. The minimum atomic E-state index is 0.00170. The molecule has 172 valence electrons. The van der Waals surface area contributed by atoms with Crippen LogP contribution in [-0.4, -0.2) is 45.9 Å². The summed E-state index contributed by atoms with van der Waals surface area (Å²) in [5.74, 6) is 1.25. The molecule has 2 aromatic carbocycles. The zero-order chi connectivity index (χ0) is 22.8. The summed E-state index contributed by atoms with van der Waals surface area (Å²) in [7, 11) is 0. The summed E-state index contributed by atoms with van der Waals surface area (Å²) in [6.07, 6.45) is 5.52. The summed E-state index contributed by atoms with van der Waals surface area (Å²) in [6.45, 7) is 2.93. The molecule has 2 fully saturated rings. The predicted molar refractivity (Wildman–Crippen MR) is 133 cm³/mol. The molecule has 2 saturated heterocycles. The van der Waals surface area contributed by atoms with Crippen LogP contribution in [0.4, 0.5) is 5.69 Å². The number of anilines is 1. The quantitative estimate of drug-likeness (QED) is 0.480. The fraction of sp³-hybridized carbons (Fsp3) is 0.423. The van der Waals surface area contributed by atoms with Crippen molar-refractivity contribution in [1.82, 2.24) is 14.5 Å². The van der Waals surface area contributed by atoms with E-state index in [4.69, 9.17) is 4.98 Å². The van der Waals surface area contributed by atoms with Gasteiger partial charge in [-0.1, -0.05) is 40.9 Å². The summed E-state index contributed by atoms with van der Waals surface area (Å²) >= 11 is 3.46. The van der Waals surface area contributed by atoms with Crippen LogP contribution in [-0.2, 0) is 16.1 Å². The lowest BCUT2D eigenvalue weighted by Crippen LogP contribution is -2.32. The number of para-hydroxylation sites is 2. The number of amides is 2. The lowest BCUT2D eigenvalue weighted by Gasteiger charge is -2.21. The van der Waals surface area contributed by atoms with Crippen molar-refractivity contribution in [3.8, 4) is 0 Å². The molecular weight excluding hydrogens is 480 g/mol. The molecule has 2 aliphatic heterocycles. The Morgan fingerprint density at radius 1 is 1.00 bits per heavy atom. The number of carbonyl (C=O) groups is 2. The molecule has 0 bridgehead atoms. The number of halogens is 1. The molecule has 1 atom stereocenters. The predicted octanol–water partition coefficient (Wildman–Crippen LogP) is 5.11. The van der Waals surface area contributed by atoms with Gasteiger partial charge in [-0.2, -0.15) is 0 Å². The topological polar surface area (TPSA) is 58.4 Å². The number of aryl methyl sites for hydroxylation is 1. The maximum atomic E-state index is 13.0. The summed E-state index contributed by atoms with van der Waals surface area (Å²) in [5, 5.41) is 0. The maximum absolute atomic E-state index is 13.0. The van der Waals surface area contributed by atoms with Gasteiger partial charge in [0.15, 0.2) is 0 Å². The fourth-order valence-electron chi connectivity index (χ4n) is 5.08. The molecule has 3 aromatic rings. The first-order valence-electron chi connectivity index (χ1n) is 11.9. The highest BCUT2D eigenvalue weighted by Crippen LogP contribution is 2.33. The number of hydrogen-bond acceptors (Lipinski definition) is 3. The van der Waals surface area contributed by atoms with E-state index in [1.54, 1.807) is 0 Å². The van der Waals surface area contributed by atoms with Gasteiger partial charge in [0.05, 0.1) is 11.0 Å². The van der Waals surface area contributed by atoms with Crippen molar-refractivity contribution in [2.24, 2.45) is 0 Å². The molecule has 1 unspecified atom stereocenters. The van der Waals surface area contributed by atoms with E-state index in [1.807, 2.05) is 52.3 Å². The Labute approximate surface area is 202 Å². The highest BCUT2D eigenvalue weighted by molar-refractivity contribution is 9.10. The number of rotatable bonds is 5. The molecule has 2 amide bonds. The Morgan fingerprint density at radius 3 is 2.48 bits per heavy atom. The van der Waals surface area contributed by atoms with E-state index in [9.17, 15) is 9.59 Å². The zero-order valence-electron chi connectivity index (χ0n) is 18.8. The summed E-state index contributed by atoms with van der Waals surface area (Å²) < 4.78 is 3.17. The van der Waals surface area contributed by atoms with Crippen LogP contribution in [0.5, 0.6) is 0 Å². The van der Waals surface area contributed by atoms with Gasteiger partial charge in [0.1, 0.15) is 5.82 Å². The van der Waals surface area contributed by atoms with Crippen molar-refractivity contribution >= 4 is 44.5 Å². The monoisotopic (exact) mass is 508 g/mol. The van der Waals surface area contributed by atoms with Gasteiger partial charge >= 0.3 is 0 Å². The highest BCUT2D eigenvalue weighted by atomic mass is 79.9. The van der Waals surface area contributed by atoms with Crippen molar-refractivity contribution in [3.05, 3.63) is 58.8 Å². The molecule has 0 radical (unpaired) electrons. The maximum Gasteiger partial charge on any atom is 0.227 e. The van der Waals surface area contributed by atoms with Gasteiger partial charge in [0, 0.05) is 55.1 Å². The molecule has 0 saturated carbocycles. The molecular formula is C26H29BrN4O2. The Kier molecular flexibility index (Phi) is 6.49. The molecule has 33 heavy (non-hydrogen) atoms. The van der Waals surface area contributed by atoms with Gasteiger partial charge in [-0.25, -0.2) is 4.98 Å². The third kappa shape index (κ3) is 4.69. The summed E-state index contributed by atoms with van der Waals surface area (Å²) in [6, 6.07) is 15.9. The first kappa shape index (κ1) is 22.1. The normalized spacial score (nSPS) is 19.3. The van der Waals surface area contributed by atoms with Gasteiger partial charge in [0.25, 0.3) is 0 Å². The number of aromatic nitrogens is 2. The number of fused-ring (bicyclic) bond motifs is 1. The largest absolute Gasteiger partial charge is 0.343 e. The van der Waals surface area contributed by atoms with Crippen LogP contribution in [0, 0.1) is 0 Å². The van der Waals surface area contributed by atoms with Crippen molar-refractivity contribution in [2.75, 3.05) is 24.5 Å². The summed E-state index contributed by atoms with van der Waals surface area (Å²) in [5.41, 5.74) is 2.86. The second-order valence-electron chi connectivity index (χ2n) is 9.04. The zero-order valence-corrected chi connectivity index (χ0v) is 20.3. The van der Waals surface area contributed by atoms with Crippen LogP contribution < -0.4 is 4.90 Å². The molecule has 5 rings (SSSR count). The number of likely N-dealkylation sites (tertiary alicyclic amines) is 1. The molecule has 1 aromatic heterocycles. The molecule has 3 heterocycles. The van der Waals surface area contributed by atoms with Crippen LogP contribution in [0.2, 0.25) is 0 Å². The van der Waals surface area contributed by atoms with E-state index in [-0.39, 0.29) is 17.7 Å². The Bertz CT molecular complexity index is 1150. The average Bonchev–Trinajstić information content (AvgIpc) is 3.26. The lowest BCUT2D eigenvalue weighted by atomic mass is 10.1. The third-order valence-corrected chi connectivity index (χ3v) is 7.35. The minimum absolute atomic E-state index is 0.00170. The van der Waals surface area contributed by atoms with Crippen LogP contribution in [0.3, 0.4) is 0 Å². The Morgan fingerprint density at radius 2 is 1.73 bits per heavy atom. The second-order valence-corrected chi connectivity index (χ2v) is 9.95. The molecule has 6 nitrogen and oxygen atoms in total. The molecule has 7 heteroatoms. The molecule has 0 N–H and O–H groups in total. The van der Waals surface area contributed by atoms with Crippen molar-refractivity contribution in [3.63, 3.8) is 0 Å². The standard InChI is InChI=1S/C26H29BrN4O2/c27-20-9-11-21(12-10-20)31-18-19(17-25(31)33)26-28-22-7-3-4-8-23(22)30(26)16-13-24(32)29-14-5-1-2-6-15-29/h3-4,7-12,19H,1-2,5-6,13-18H2. The van der Waals surface area contributed by atoms with Gasteiger partial charge in [-0.15, -0.1) is 0 Å². The number of benzene rings is 2. The molecule has 2 aliphatic rings. The van der Waals surface area contributed by atoms with Gasteiger partial charge in [0.2, 0.25) is 11.8 Å². The van der Waals surface area contributed by atoms with Crippen molar-refractivity contribution in [1.29, 1.82) is 0 Å². The smallest absolute Gasteiger partial charge is 0.227 e. The van der Waals surface area contributed by atoms with Gasteiger partial charge < -0.3 is 14.4 Å². The summed E-state index contributed by atoms with van der Waals surface area (Å²) in [4.78, 5) is 34.7. The van der Waals surface area contributed by atoms with Gasteiger partial charge in [-0.05, 0) is 49.2 Å². The lowest BCUT2D eigenvalue weighted by molar-refractivity contribution is -0.131. The number of carbonyl (C=O) groups excluding carboxylic acids is 2. The third-order valence-electron chi connectivity index (χ3n) is 6.82. The van der Waals surface area contributed by atoms with E-state index in [1.165, 1.54) is 12.8 Å². The Balaban J connectivity index is 1.38. The minimum Gasteiger partial charge on any atom is -0.343 e. The number of nitrogens with zero attached hydrogens (tertiary/aromatic N) is 4. The number of hydrogen-bond donors (Lipinski definition) is 0. The highest BCUT2D eigenvalue weighted by Gasteiger charge is 2.35. The molecule has 0 spiro atoms. The number of imidazole rings is 1. The second kappa shape index (κ2) is 9.67. The average molecular weight is 509 g/mol. The van der Waals surface area contributed by atoms with Crippen LogP contribution in [0.1, 0.15) is 50.3 Å². The van der Waals surface area contributed by atoms with E-state index in [0.717, 1.165) is 52.9 Å². The van der Waals surface area contributed by atoms with E-state index < -0.39 is 0 Å². The van der Waals surface area contributed by atoms with Crippen LogP contribution >= 0.6 is 15.9 Å². The van der Waals surface area contributed by atoms with Crippen molar-refractivity contribution in [2.45, 2.75) is 51.0 Å². The van der Waals surface area contributed by atoms with E-state index in [0.29, 0.717) is 25.9 Å². The van der Waals surface area contributed by atoms with Crippen LogP contribution in [0.15, 0.2) is 53.0 Å². The van der Waals surface area contributed by atoms with E-state index >= 15 is 0 Å². The fourth-order valence-corrected chi connectivity index (χ4v) is 5.34. The SMILES string of the molecule is O=C(CCn1c(C2CC(=O)N(c3ccc(Br)cc3)C2)nc2ccccc21)N1CCCCCC1. The Hall–Kier alpha value is -2.67. The van der Waals surface area contributed by atoms with Crippen molar-refractivity contribution < 1.29 is 9.59 Å². The first-order valence-corrected chi connectivity index (χ1v) is 12.7. The van der Waals surface area contributed by atoms with E-state index in [2.05, 4.69) is 26.6 Å². The van der Waals surface area contributed by atoms with Crippen LogP contribution in [0.25, 0.3) is 11.0 Å². The van der Waals surface area contributed by atoms with Gasteiger partial charge in [-0.3, -0.25) is 9.59 Å².